The fraction of sp³-hybridized carbons (Fsp3) is 0.737. The Hall–Kier alpha value is 0.0200. The molecule has 0 amide bonds. The summed E-state index contributed by atoms with van der Waals surface area (Å²) in [4.78, 5) is 4.66. The van der Waals surface area contributed by atoms with Crippen LogP contribution in [0.2, 0.25) is 0 Å². The number of alkyl halides is 1. The molecule has 0 aromatic rings. The van der Waals surface area contributed by atoms with E-state index in [1.807, 2.05) is 0 Å². The third-order valence-corrected chi connectivity index (χ3v) is 10.8. The van der Waals surface area contributed by atoms with Crippen molar-refractivity contribution in [1.29, 1.82) is 0 Å². The van der Waals surface area contributed by atoms with Crippen LogP contribution in [-0.2, 0) is 4.74 Å². The summed E-state index contributed by atoms with van der Waals surface area (Å²) in [5, 5.41) is 0. The van der Waals surface area contributed by atoms with E-state index in [0.29, 0.717) is 5.92 Å². The fourth-order valence-electron chi connectivity index (χ4n) is 3.40. The topological polar surface area (TPSA) is 24.5 Å². The van der Waals surface area contributed by atoms with E-state index < -0.39 is 20.1 Å². The van der Waals surface area contributed by atoms with Crippen molar-refractivity contribution in [1.82, 2.24) is 8.43 Å². The Morgan fingerprint density at radius 3 is 2.75 bits per heavy atom. The van der Waals surface area contributed by atoms with Crippen LogP contribution in [0.4, 0.5) is 0 Å². The van der Waals surface area contributed by atoms with E-state index in [0.717, 1.165) is 28.9 Å². The van der Waals surface area contributed by atoms with E-state index in [2.05, 4.69) is 60.3 Å². The van der Waals surface area contributed by atoms with Crippen molar-refractivity contribution >= 4 is 35.3 Å². The van der Waals surface area contributed by atoms with Gasteiger partial charge in [0, 0.05) is 0 Å². The van der Waals surface area contributed by atoms with Crippen LogP contribution < -0.4 is 3.53 Å². The molecule has 1 heterocycles. The van der Waals surface area contributed by atoms with E-state index in [4.69, 9.17) is 17.0 Å². The molecular formula is C19H33IN2OS. The molecule has 0 aromatic heterocycles. The number of nitrogens with zero attached hydrogens (tertiary/aromatic N) is 1. The fourth-order valence-corrected chi connectivity index (χ4v) is 7.80. The van der Waals surface area contributed by atoms with Crippen molar-refractivity contribution in [2.75, 3.05) is 18.6 Å². The van der Waals surface area contributed by atoms with Crippen molar-refractivity contribution in [3.8, 4) is 0 Å². The molecule has 1 aliphatic carbocycles. The van der Waals surface area contributed by atoms with Crippen molar-refractivity contribution in [3.05, 3.63) is 23.3 Å². The maximum atomic E-state index is 6.20. The number of rotatable bonds is 7. The van der Waals surface area contributed by atoms with Gasteiger partial charge in [-0.05, 0) is 0 Å². The van der Waals surface area contributed by atoms with Crippen LogP contribution in [0, 0.1) is 5.92 Å². The van der Waals surface area contributed by atoms with E-state index in [9.17, 15) is 0 Å². The second-order valence-corrected chi connectivity index (χ2v) is 12.5. The summed E-state index contributed by atoms with van der Waals surface area (Å²) in [5.74, 6) is 0.617. The van der Waals surface area contributed by atoms with Gasteiger partial charge in [0.15, 0.2) is 0 Å². The van der Waals surface area contributed by atoms with Gasteiger partial charge < -0.3 is 0 Å². The molecule has 1 saturated heterocycles. The number of ether oxygens (including phenoxy) is 1. The molecule has 5 heteroatoms. The Labute approximate surface area is 161 Å². The van der Waals surface area contributed by atoms with Gasteiger partial charge in [-0.15, -0.1) is 0 Å². The molecule has 0 radical (unpaired) electrons. The van der Waals surface area contributed by atoms with Crippen molar-refractivity contribution in [2.45, 2.75) is 65.1 Å². The third-order valence-electron chi connectivity index (χ3n) is 5.16. The summed E-state index contributed by atoms with van der Waals surface area (Å²) >= 11 is 4.32. The molecule has 2 aliphatic rings. The molecule has 1 N–H and O–H groups in total. The van der Waals surface area contributed by atoms with Gasteiger partial charge in [-0.2, -0.15) is 0 Å². The first-order valence-electron chi connectivity index (χ1n) is 9.02. The number of likely N-dealkylation sites (N-methyl/N-ethyl adjacent to an activating group) is 1. The molecular weight excluding hydrogens is 431 g/mol. The van der Waals surface area contributed by atoms with E-state index in [-0.39, 0.29) is 11.8 Å². The molecule has 1 aliphatic heterocycles. The number of hydrogen-bond acceptors (Lipinski definition) is 3. The molecule has 0 bridgehead atoms. The minimum atomic E-state index is -1.40. The zero-order valence-corrected chi connectivity index (χ0v) is 19.0. The van der Waals surface area contributed by atoms with Crippen LogP contribution >= 0.6 is 32.3 Å². The first-order chi connectivity index (χ1) is 11.4. The normalized spacial score (nSPS) is 30.4. The average molecular weight is 464 g/mol. The van der Waals surface area contributed by atoms with Crippen LogP contribution in [0.25, 0.3) is 0 Å². The van der Waals surface area contributed by atoms with E-state index in [1.165, 1.54) is 17.6 Å². The Morgan fingerprint density at radius 2 is 2.21 bits per heavy atom. The van der Waals surface area contributed by atoms with Crippen LogP contribution in [0.15, 0.2) is 23.3 Å². The van der Waals surface area contributed by atoms with Gasteiger partial charge in [-0.1, -0.05) is 0 Å². The Morgan fingerprint density at radius 1 is 1.50 bits per heavy atom. The molecule has 24 heavy (non-hydrogen) atoms. The predicted octanol–water partition coefficient (Wildman–Crippen LogP) is 5.06. The molecule has 1 fully saturated rings. The van der Waals surface area contributed by atoms with E-state index >= 15 is 0 Å². The van der Waals surface area contributed by atoms with Gasteiger partial charge in [0.25, 0.3) is 0 Å². The second-order valence-electron chi connectivity index (χ2n) is 7.08. The van der Waals surface area contributed by atoms with Crippen LogP contribution in [0.1, 0.15) is 53.4 Å². The van der Waals surface area contributed by atoms with Crippen LogP contribution in [0.5, 0.6) is 0 Å². The molecule has 3 nitrogen and oxygen atoms in total. The average Bonchev–Trinajstić information content (AvgIpc) is 2.78. The first kappa shape index (κ1) is 20.3. The van der Waals surface area contributed by atoms with Gasteiger partial charge in [-0.3, -0.25) is 0 Å². The van der Waals surface area contributed by atoms with Gasteiger partial charge >= 0.3 is 161 Å². The molecule has 2 rings (SSSR count). The van der Waals surface area contributed by atoms with Crippen LogP contribution in [0.3, 0.4) is 0 Å². The molecule has 0 aromatic carbocycles. The van der Waals surface area contributed by atoms with Crippen molar-refractivity contribution < 1.29 is 4.74 Å². The summed E-state index contributed by atoms with van der Waals surface area (Å²) in [6, 6.07) is 0. The quantitative estimate of drug-likeness (QED) is 0.142. The second kappa shape index (κ2) is 8.60. The summed E-state index contributed by atoms with van der Waals surface area (Å²) in [5.41, 5.74) is 2.64. The van der Waals surface area contributed by atoms with Gasteiger partial charge in [-0.25, -0.2) is 0 Å². The van der Waals surface area contributed by atoms with Gasteiger partial charge in [0.05, 0.1) is 0 Å². The van der Waals surface area contributed by atoms with Gasteiger partial charge in [0.2, 0.25) is 0 Å². The number of thiocarbonyl (C=S) groups is 1. The Bertz CT molecular complexity index is 533. The summed E-state index contributed by atoms with van der Waals surface area (Å²) in [6.45, 7) is 9.81. The van der Waals surface area contributed by atoms with Crippen LogP contribution in [-0.4, -0.2) is 38.2 Å². The molecule has 2 unspecified atom stereocenters. The SMILES string of the molecule is CCCC1(C2=CC(OC[C@H](C)CC)CC=C2C)NI(C)C(=S)N1C. The van der Waals surface area contributed by atoms with E-state index in [1.54, 1.807) is 0 Å². The monoisotopic (exact) mass is 464 g/mol. The van der Waals surface area contributed by atoms with Crippen molar-refractivity contribution in [2.24, 2.45) is 5.92 Å². The number of nitrogens with one attached hydrogen (secondary N) is 1. The predicted molar refractivity (Wildman–Crippen MR) is 117 cm³/mol. The molecule has 0 spiro atoms. The third kappa shape index (κ3) is 4.05. The molecule has 138 valence electrons. The maximum absolute atomic E-state index is 6.20. The Balaban J connectivity index is 2.28. The molecule has 0 saturated carbocycles. The molecule has 3 atom stereocenters. The minimum absolute atomic E-state index is 0.121. The number of halogens is 1. The first-order valence-corrected chi connectivity index (χ1v) is 13.7. The zero-order chi connectivity index (χ0) is 17.9. The Kier molecular flexibility index (Phi) is 7.29. The van der Waals surface area contributed by atoms with Crippen molar-refractivity contribution in [3.63, 3.8) is 0 Å². The van der Waals surface area contributed by atoms with Gasteiger partial charge in [0.1, 0.15) is 0 Å². The summed E-state index contributed by atoms with van der Waals surface area (Å²) in [7, 11) is 2.17. The zero-order valence-electron chi connectivity index (χ0n) is 16.0. The standard InChI is InChI=1S/C19H33IN2OS/c1-7-11-19(21-20(5)18(24)22(19)6)17-12-16(10-9-15(17)4)23-13-14(3)8-2/h9,12,14,16,21H,7-8,10-11,13H2,1-6H3/t14-,16?,19?/m1/s1. The number of hydrogen-bond donors (Lipinski definition) is 1. The summed E-state index contributed by atoms with van der Waals surface area (Å²) < 4.78 is 11.3. The summed E-state index contributed by atoms with van der Waals surface area (Å²) in [6.07, 6.45) is 9.27.